The number of benzene rings is 3. The minimum atomic E-state index is 0.189. The van der Waals surface area contributed by atoms with Gasteiger partial charge in [-0.05, 0) is 93.2 Å². The van der Waals surface area contributed by atoms with Gasteiger partial charge in [0.15, 0.2) is 11.6 Å². The molecule has 0 fully saturated rings. The SMILES string of the molecule is CN(C)CCCC(=O)c1ccc2c(c1)-c1ccc(C(=O)CCCN(C)C)c3cccc-2c13. The van der Waals surface area contributed by atoms with E-state index in [4.69, 9.17) is 0 Å². The predicted octanol–water partition coefficient (Wildman–Crippen LogP) is 5.54. The van der Waals surface area contributed by atoms with Crippen molar-refractivity contribution in [1.82, 2.24) is 9.80 Å². The van der Waals surface area contributed by atoms with Gasteiger partial charge in [0.2, 0.25) is 0 Å². The van der Waals surface area contributed by atoms with Gasteiger partial charge in [-0.25, -0.2) is 0 Å². The Kier molecular flexibility index (Phi) is 6.54. The van der Waals surface area contributed by atoms with Gasteiger partial charge < -0.3 is 9.80 Å². The van der Waals surface area contributed by atoms with Gasteiger partial charge in [-0.15, -0.1) is 0 Å². The molecule has 0 atom stereocenters. The van der Waals surface area contributed by atoms with Gasteiger partial charge in [-0.2, -0.15) is 0 Å². The van der Waals surface area contributed by atoms with Gasteiger partial charge >= 0.3 is 0 Å². The third-order valence-electron chi connectivity index (χ3n) is 6.28. The summed E-state index contributed by atoms with van der Waals surface area (Å²) < 4.78 is 0. The molecule has 4 nitrogen and oxygen atoms in total. The van der Waals surface area contributed by atoms with E-state index in [1.807, 2.05) is 52.5 Å². The highest BCUT2D eigenvalue weighted by atomic mass is 16.1. The Balaban J connectivity index is 1.65. The third kappa shape index (κ3) is 4.38. The summed E-state index contributed by atoms with van der Waals surface area (Å²) in [7, 11) is 8.11. The number of ketones is 2. The maximum Gasteiger partial charge on any atom is 0.163 e. The van der Waals surface area contributed by atoms with Crippen molar-refractivity contribution >= 4 is 22.3 Å². The molecule has 4 heteroatoms. The van der Waals surface area contributed by atoms with Crippen LogP contribution in [0.4, 0.5) is 0 Å². The highest BCUT2D eigenvalue weighted by molar-refractivity contribution is 6.21. The Morgan fingerprint density at radius 1 is 0.688 bits per heavy atom. The minimum absolute atomic E-state index is 0.189. The maximum atomic E-state index is 13.0. The van der Waals surface area contributed by atoms with E-state index in [0.29, 0.717) is 12.8 Å². The Labute approximate surface area is 190 Å². The first-order chi connectivity index (χ1) is 15.4. The lowest BCUT2D eigenvalue weighted by molar-refractivity contribution is 0.0970. The molecule has 0 unspecified atom stereocenters. The molecule has 0 spiro atoms. The number of Topliss-reactive ketones (excluding diaryl/α,β-unsaturated/α-hetero) is 2. The normalized spacial score (nSPS) is 12.1. The summed E-state index contributed by atoms with van der Waals surface area (Å²) in [5.74, 6) is 0.387. The molecule has 0 saturated heterocycles. The molecule has 0 radical (unpaired) electrons. The zero-order valence-electron chi connectivity index (χ0n) is 19.6. The summed E-state index contributed by atoms with van der Waals surface area (Å²) in [5, 5.41) is 2.16. The van der Waals surface area contributed by atoms with E-state index in [1.54, 1.807) is 0 Å². The van der Waals surface area contributed by atoms with Gasteiger partial charge in [0.25, 0.3) is 0 Å². The lowest BCUT2D eigenvalue weighted by Crippen LogP contribution is -2.14. The molecule has 0 N–H and O–H groups in total. The summed E-state index contributed by atoms with van der Waals surface area (Å²) in [6.45, 7) is 1.82. The molecule has 166 valence electrons. The first-order valence-corrected chi connectivity index (χ1v) is 11.4. The van der Waals surface area contributed by atoms with Crippen molar-refractivity contribution in [3.63, 3.8) is 0 Å². The van der Waals surface area contributed by atoms with Crippen LogP contribution in [0.1, 0.15) is 46.4 Å². The zero-order chi connectivity index (χ0) is 22.8. The van der Waals surface area contributed by atoms with E-state index in [2.05, 4.69) is 34.1 Å². The first kappa shape index (κ1) is 22.4. The molecule has 0 bridgehead atoms. The number of hydrogen-bond donors (Lipinski definition) is 0. The Hall–Kier alpha value is -2.82. The summed E-state index contributed by atoms with van der Waals surface area (Å²) in [4.78, 5) is 30.0. The van der Waals surface area contributed by atoms with Crippen LogP contribution in [0.15, 0.2) is 48.5 Å². The molecule has 4 rings (SSSR count). The fraction of sp³-hybridized carbons (Fsp3) is 0.357. The van der Waals surface area contributed by atoms with Crippen LogP contribution < -0.4 is 0 Å². The topological polar surface area (TPSA) is 40.6 Å². The molecule has 0 aromatic heterocycles. The molecule has 0 heterocycles. The van der Waals surface area contributed by atoms with Gasteiger partial charge in [0, 0.05) is 24.0 Å². The highest BCUT2D eigenvalue weighted by Crippen LogP contribution is 2.48. The third-order valence-corrected chi connectivity index (χ3v) is 6.28. The molecule has 3 aromatic carbocycles. The fourth-order valence-corrected chi connectivity index (χ4v) is 4.66. The van der Waals surface area contributed by atoms with Crippen LogP contribution in [-0.2, 0) is 0 Å². The highest BCUT2D eigenvalue weighted by Gasteiger charge is 2.24. The molecular formula is C28H32N2O2. The van der Waals surface area contributed by atoms with Crippen LogP contribution in [0.2, 0.25) is 0 Å². The lowest BCUT2D eigenvalue weighted by atomic mass is 9.94. The Morgan fingerprint density at radius 2 is 1.31 bits per heavy atom. The Bertz CT molecular complexity index is 1180. The first-order valence-electron chi connectivity index (χ1n) is 11.4. The van der Waals surface area contributed by atoms with Crippen LogP contribution in [0.3, 0.4) is 0 Å². The zero-order valence-corrected chi connectivity index (χ0v) is 19.6. The second-order valence-corrected chi connectivity index (χ2v) is 9.31. The lowest BCUT2D eigenvalue weighted by Gasteiger charge is -2.11. The number of carbonyl (C=O) groups is 2. The smallest absolute Gasteiger partial charge is 0.163 e. The molecule has 1 aliphatic rings. The monoisotopic (exact) mass is 428 g/mol. The predicted molar refractivity (Wildman–Crippen MR) is 133 cm³/mol. The fourth-order valence-electron chi connectivity index (χ4n) is 4.66. The molecule has 0 aliphatic heterocycles. The summed E-state index contributed by atoms with van der Waals surface area (Å²) in [5.41, 5.74) is 6.10. The van der Waals surface area contributed by atoms with Crippen molar-refractivity contribution < 1.29 is 9.59 Å². The van der Waals surface area contributed by atoms with E-state index in [-0.39, 0.29) is 11.6 Å². The van der Waals surface area contributed by atoms with Gasteiger partial charge in [0.1, 0.15) is 0 Å². The number of carbonyl (C=O) groups excluding carboxylic acids is 2. The number of nitrogens with zero attached hydrogens (tertiary/aromatic N) is 2. The summed E-state index contributed by atoms with van der Waals surface area (Å²) >= 11 is 0. The van der Waals surface area contributed by atoms with Crippen molar-refractivity contribution in [3.05, 3.63) is 59.7 Å². The van der Waals surface area contributed by atoms with E-state index in [1.165, 1.54) is 0 Å². The molecule has 0 amide bonds. The van der Waals surface area contributed by atoms with Crippen LogP contribution >= 0.6 is 0 Å². The van der Waals surface area contributed by atoms with Crippen molar-refractivity contribution in [1.29, 1.82) is 0 Å². The van der Waals surface area contributed by atoms with Crippen LogP contribution in [0, 0.1) is 0 Å². The number of rotatable bonds is 10. The van der Waals surface area contributed by atoms with Crippen molar-refractivity contribution in [2.75, 3.05) is 41.3 Å². The van der Waals surface area contributed by atoms with Gasteiger partial charge in [-0.1, -0.05) is 42.5 Å². The van der Waals surface area contributed by atoms with Crippen LogP contribution in [-0.4, -0.2) is 62.6 Å². The van der Waals surface area contributed by atoms with Crippen LogP contribution in [0.5, 0.6) is 0 Å². The second-order valence-electron chi connectivity index (χ2n) is 9.31. The van der Waals surface area contributed by atoms with Gasteiger partial charge in [0.05, 0.1) is 0 Å². The molecule has 3 aromatic rings. The molecule has 0 saturated carbocycles. The standard InChI is InChI=1S/C28H32N2O2/c1-29(2)16-6-10-26(31)19-12-13-20-22-8-5-9-23-21(27(32)11-7-17-30(3)4)14-15-24(28(22)23)25(20)18-19/h5,8-9,12-15,18H,6-7,10-11,16-17H2,1-4H3. The molecule has 1 aliphatic carbocycles. The number of hydrogen-bond acceptors (Lipinski definition) is 4. The number of fused-ring (bicyclic) bond motifs is 3. The van der Waals surface area contributed by atoms with Crippen LogP contribution in [0.25, 0.3) is 33.0 Å². The minimum Gasteiger partial charge on any atom is -0.309 e. The van der Waals surface area contributed by atoms with E-state index < -0.39 is 0 Å². The average Bonchev–Trinajstić information content (AvgIpc) is 3.08. The Morgan fingerprint density at radius 3 is 2.00 bits per heavy atom. The quantitative estimate of drug-likeness (QED) is 0.311. The van der Waals surface area contributed by atoms with Crippen molar-refractivity contribution in [3.8, 4) is 22.3 Å². The van der Waals surface area contributed by atoms with Crippen molar-refractivity contribution in [2.24, 2.45) is 0 Å². The average molecular weight is 429 g/mol. The molecule has 32 heavy (non-hydrogen) atoms. The summed E-state index contributed by atoms with van der Waals surface area (Å²) in [6.07, 6.45) is 2.82. The van der Waals surface area contributed by atoms with Crippen molar-refractivity contribution in [2.45, 2.75) is 25.7 Å². The van der Waals surface area contributed by atoms with E-state index in [9.17, 15) is 9.59 Å². The largest absolute Gasteiger partial charge is 0.309 e. The second kappa shape index (κ2) is 9.35. The maximum absolute atomic E-state index is 13.0. The van der Waals surface area contributed by atoms with E-state index >= 15 is 0 Å². The summed E-state index contributed by atoms with van der Waals surface area (Å²) in [6, 6.07) is 16.3. The van der Waals surface area contributed by atoms with E-state index in [0.717, 1.165) is 70.1 Å². The molecular weight excluding hydrogens is 396 g/mol. The van der Waals surface area contributed by atoms with Gasteiger partial charge in [-0.3, -0.25) is 9.59 Å².